The third kappa shape index (κ3) is 1.84. The van der Waals surface area contributed by atoms with Crippen LogP contribution in [0.5, 0.6) is 0 Å². The number of rotatable bonds is 1. The van der Waals surface area contributed by atoms with Crippen molar-refractivity contribution in [3.05, 3.63) is 11.8 Å². The Kier molecular flexibility index (Phi) is 2.89. The first-order chi connectivity index (χ1) is 6.68. The Bertz CT molecular complexity index is 350. The molecule has 0 aromatic carbocycles. The quantitative estimate of drug-likeness (QED) is 0.643. The van der Waals surface area contributed by atoms with Gasteiger partial charge in [-0.25, -0.2) is 0 Å². The molecule has 0 bridgehead atoms. The molecule has 0 spiro atoms. The number of amides is 1. The Morgan fingerprint density at radius 2 is 2.57 bits per heavy atom. The first-order valence-electron chi connectivity index (χ1n) is 4.68. The van der Waals surface area contributed by atoms with Crippen LogP contribution >= 0.6 is 0 Å². The molecule has 1 aliphatic rings. The molecule has 14 heavy (non-hydrogen) atoms. The van der Waals surface area contributed by atoms with Crippen molar-refractivity contribution in [3.63, 3.8) is 0 Å². The molecule has 1 unspecified atom stereocenters. The van der Waals surface area contributed by atoms with Gasteiger partial charge in [0.05, 0.1) is 0 Å². The van der Waals surface area contributed by atoms with Crippen molar-refractivity contribution in [1.29, 1.82) is 0 Å². The number of likely N-dealkylation sites (tertiary alicyclic amines) is 1. The number of carbonyl (C=O) groups is 1. The molecule has 0 saturated carbocycles. The van der Waals surface area contributed by atoms with Crippen LogP contribution in [0.4, 0.5) is 0 Å². The van der Waals surface area contributed by atoms with Gasteiger partial charge in [0.25, 0.3) is 0 Å². The molecule has 5 heteroatoms. The zero-order valence-electron chi connectivity index (χ0n) is 7.99. The summed E-state index contributed by atoms with van der Waals surface area (Å²) in [6, 6.07) is 2.09. The maximum absolute atomic E-state index is 11.9. The summed E-state index contributed by atoms with van der Waals surface area (Å²) in [6.07, 6.45) is 2.19. The molecule has 1 saturated heterocycles. The van der Waals surface area contributed by atoms with Gasteiger partial charge in [-0.05, 0) is 0 Å². The fraction of sp³-hybridized carbons (Fsp3) is 0.556. The molecule has 2 heterocycles. The van der Waals surface area contributed by atoms with Crippen LogP contribution in [0.3, 0.4) is 0 Å². The number of aromatic nitrogens is 1. The summed E-state index contributed by atoms with van der Waals surface area (Å²) in [6.45, 7) is 2.93. The van der Waals surface area contributed by atoms with E-state index in [2.05, 4.69) is 12.1 Å². The molecule has 0 N–H and O–H groups in total. The predicted molar refractivity (Wildman–Crippen MR) is 51.6 cm³/mol. The standard InChI is InChI=1S/C9H11N2O2.Pb/c1-7-3-2-5-11(7)9(12)8-4-6-13-10-8;/h4,7H,2-3,5H2,1H3;. The molecule has 1 aromatic heterocycles. The average Bonchev–Trinajstić information content (AvgIpc) is 2.73. The summed E-state index contributed by atoms with van der Waals surface area (Å²) in [5, 5.41) is 3.76. The first-order valence-corrected chi connectivity index (χ1v) is 6.62. The van der Waals surface area contributed by atoms with E-state index in [4.69, 9.17) is 4.52 Å². The molecule has 1 aromatic rings. The number of hydrogen-bond acceptors (Lipinski definition) is 3. The van der Waals surface area contributed by atoms with Gasteiger partial charge < -0.3 is 0 Å². The molecule has 1 amide bonds. The molecule has 0 aliphatic carbocycles. The molecular formula is C9H11N2O2Pb. The summed E-state index contributed by atoms with van der Waals surface area (Å²) < 4.78 is 5.76. The van der Waals surface area contributed by atoms with E-state index in [1.165, 1.54) is 0 Å². The maximum atomic E-state index is 11.9. The van der Waals surface area contributed by atoms with Crippen LogP contribution < -0.4 is 3.32 Å². The van der Waals surface area contributed by atoms with E-state index in [0.717, 1.165) is 48.5 Å². The fourth-order valence-electron chi connectivity index (χ4n) is 1.76. The SMILES string of the molecule is CC1CCCN1C(=O)c1c[c]([Pb])on1. The third-order valence-corrected chi connectivity index (χ3v) is 3.46. The summed E-state index contributed by atoms with van der Waals surface area (Å²) in [4.78, 5) is 13.8. The molecule has 2 rings (SSSR count). The molecule has 4 nitrogen and oxygen atoms in total. The fourth-order valence-corrected chi connectivity index (χ4v) is 2.47. The Morgan fingerprint density at radius 1 is 1.79 bits per heavy atom. The van der Waals surface area contributed by atoms with Crippen molar-refractivity contribution in [2.24, 2.45) is 0 Å². The molecule has 1 atom stereocenters. The van der Waals surface area contributed by atoms with Crippen LogP contribution in [0.25, 0.3) is 0 Å². The monoisotopic (exact) mass is 387 g/mol. The van der Waals surface area contributed by atoms with Gasteiger partial charge >= 0.3 is 98.5 Å². The van der Waals surface area contributed by atoms with E-state index in [0.29, 0.717) is 11.7 Å². The third-order valence-electron chi connectivity index (χ3n) is 2.54. The molecular weight excluding hydrogens is 375 g/mol. The summed E-state index contributed by atoms with van der Waals surface area (Å²) >= 11 is 0.800. The van der Waals surface area contributed by atoms with Crippen molar-refractivity contribution in [1.82, 2.24) is 10.1 Å². The Morgan fingerprint density at radius 3 is 3.07 bits per heavy atom. The van der Waals surface area contributed by atoms with E-state index in [-0.39, 0.29) is 5.91 Å². The summed E-state index contributed by atoms with van der Waals surface area (Å²) in [5.74, 6) is 0.0147. The van der Waals surface area contributed by atoms with Gasteiger partial charge in [-0.3, -0.25) is 0 Å². The van der Waals surface area contributed by atoms with E-state index in [9.17, 15) is 4.79 Å². The van der Waals surface area contributed by atoms with Crippen molar-refractivity contribution < 1.29 is 9.32 Å². The van der Waals surface area contributed by atoms with Gasteiger partial charge in [-0.15, -0.1) is 0 Å². The van der Waals surface area contributed by atoms with Crippen molar-refractivity contribution in [2.45, 2.75) is 25.8 Å². The van der Waals surface area contributed by atoms with Crippen molar-refractivity contribution >= 4 is 35.0 Å². The molecule has 73 valence electrons. The van der Waals surface area contributed by atoms with Gasteiger partial charge in [0, 0.05) is 0 Å². The van der Waals surface area contributed by atoms with Crippen LogP contribution in [0, 0.1) is 0 Å². The molecule has 1 fully saturated rings. The Hall–Kier alpha value is -0.398. The second-order valence-corrected chi connectivity index (χ2v) is 5.48. The van der Waals surface area contributed by atoms with Gasteiger partial charge in [0.2, 0.25) is 0 Å². The van der Waals surface area contributed by atoms with Crippen molar-refractivity contribution in [2.75, 3.05) is 6.54 Å². The zero-order chi connectivity index (χ0) is 10.1. The normalized spacial score (nSPS) is 21.6. The second-order valence-electron chi connectivity index (χ2n) is 3.57. The minimum atomic E-state index is 0.0147. The van der Waals surface area contributed by atoms with Gasteiger partial charge in [0.1, 0.15) is 0 Å². The number of hydrogen-bond donors (Lipinski definition) is 0. The van der Waals surface area contributed by atoms with Crippen LogP contribution in [0.2, 0.25) is 0 Å². The predicted octanol–water partition coefficient (Wildman–Crippen LogP) is 0.0929. The summed E-state index contributed by atoms with van der Waals surface area (Å²) in [7, 11) is 0. The topological polar surface area (TPSA) is 46.3 Å². The molecule has 1 aliphatic heterocycles. The van der Waals surface area contributed by atoms with Crippen LogP contribution in [-0.4, -0.2) is 54.3 Å². The van der Waals surface area contributed by atoms with Gasteiger partial charge in [0.15, 0.2) is 0 Å². The van der Waals surface area contributed by atoms with Gasteiger partial charge in [-0.1, -0.05) is 0 Å². The van der Waals surface area contributed by atoms with Crippen LogP contribution in [0.15, 0.2) is 10.6 Å². The van der Waals surface area contributed by atoms with Gasteiger partial charge in [-0.2, -0.15) is 0 Å². The Balaban J connectivity index is 2.15. The molecule has 3 radical (unpaired) electrons. The number of carbonyl (C=O) groups excluding carboxylic acids is 1. The van der Waals surface area contributed by atoms with E-state index < -0.39 is 0 Å². The van der Waals surface area contributed by atoms with E-state index in [1.54, 1.807) is 6.07 Å². The first kappa shape index (κ1) is 10.1. The van der Waals surface area contributed by atoms with Crippen LogP contribution in [-0.2, 0) is 0 Å². The average molecular weight is 386 g/mol. The van der Waals surface area contributed by atoms with Crippen LogP contribution in [0.1, 0.15) is 30.3 Å². The van der Waals surface area contributed by atoms with E-state index in [1.807, 2.05) is 4.90 Å². The summed E-state index contributed by atoms with van der Waals surface area (Å²) in [5.41, 5.74) is 0.462. The Labute approximate surface area is 98.3 Å². The van der Waals surface area contributed by atoms with E-state index >= 15 is 0 Å². The second kappa shape index (κ2) is 4.00. The zero-order valence-corrected chi connectivity index (χ0v) is 11.9. The minimum absolute atomic E-state index is 0.0147. The number of nitrogens with zero attached hydrogens (tertiary/aromatic N) is 2. The van der Waals surface area contributed by atoms with Crippen molar-refractivity contribution in [3.8, 4) is 0 Å².